The summed E-state index contributed by atoms with van der Waals surface area (Å²) in [6.45, 7) is 3.65. The summed E-state index contributed by atoms with van der Waals surface area (Å²) in [7, 11) is 1.58. The average Bonchev–Trinajstić information content (AvgIpc) is 2.20. The van der Waals surface area contributed by atoms with Crippen molar-refractivity contribution < 1.29 is 9.90 Å². The van der Waals surface area contributed by atoms with Gasteiger partial charge in [-0.25, -0.2) is 0 Å². The number of hydrogen-bond donors (Lipinski definition) is 2. The van der Waals surface area contributed by atoms with Gasteiger partial charge in [-0.15, -0.1) is 0 Å². The SMILES string of the molecule is CC(C)N(C)C(=O)c1[nH]ncc(=O)c1O. The second-order valence-corrected chi connectivity index (χ2v) is 3.47. The fourth-order valence-electron chi connectivity index (χ4n) is 0.953. The molecule has 0 bridgehead atoms. The summed E-state index contributed by atoms with van der Waals surface area (Å²) < 4.78 is 0. The summed E-state index contributed by atoms with van der Waals surface area (Å²) in [6.07, 6.45) is 0.918. The van der Waals surface area contributed by atoms with Crippen LogP contribution in [0.4, 0.5) is 0 Å². The number of hydrogen-bond acceptors (Lipinski definition) is 4. The lowest BCUT2D eigenvalue weighted by molar-refractivity contribution is 0.0744. The molecule has 0 fully saturated rings. The summed E-state index contributed by atoms with van der Waals surface area (Å²) in [4.78, 5) is 24.1. The molecule has 1 amide bonds. The average molecular weight is 211 g/mol. The van der Waals surface area contributed by atoms with Crippen molar-refractivity contribution >= 4 is 5.91 Å². The van der Waals surface area contributed by atoms with Crippen LogP contribution in [0, 0.1) is 0 Å². The topological polar surface area (TPSA) is 86.3 Å². The van der Waals surface area contributed by atoms with Gasteiger partial charge in [0.1, 0.15) is 0 Å². The van der Waals surface area contributed by atoms with Gasteiger partial charge in [0.2, 0.25) is 5.43 Å². The Morgan fingerprint density at radius 3 is 2.73 bits per heavy atom. The molecular weight excluding hydrogens is 198 g/mol. The van der Waals surface area contributed by atoms with Crippen molar-refractivity contribution in [1.29, 1.82) is 0 Å². The van der Waals surface area contributed by atoms with Crippen molar-refractivity contribution in [2.24, 2.45) is 0 Å². The van der Waals surface area contributed by atoms with Crippen molar-refractivity contribution in [2.75, 3.05) is 7.05 Å². The number of H-pyrrole nitrogens is 1. The van der Waals surface area contributed by atoms with E-state index < -0.39 is 17.1 Å². The molecule has 0 atom stereocenters. The summed E-state index contributed by atoms with van der Waals surface area (Å²) in [6, 6.07) is -0.0272. The molecule has 0 aliphatic carbocycles. The third-order valence-corrected chi connectivity index (χ3v) is 2.14. The molecule has 6 heteroatoms. The van der Waals surface area contributed by atoms with E-state index >= 15 is 0 Å². The zero-order valence-corrected chi connectivity index (χ0v) is 8.81. The van der Waals surface area contributed by atoms with Crippen LogP contribution in [0.1, 0.15) is 24.3 Å². The normalized spacial score (nSPS) is 10.4. The molecule has 82 valence electrons. The Morgan fingerprint density at radius 1 is 1.60 bits per heavy atom. The van der Waals surface area contributed by atoms with Crippen molar-refractivity contribution in [3.8, 4) is 5.75 Å². The Kier molecular flexibility index (Phi) is 3.08. The Morgan fingerprint density at radius 2 is 2.20 bits per heavy atom. The number of aromatic amines is 1. The number of rotatable bonds is 2. The van der Waals surface area contributed by atoms with E-state index in [0.717, 1.165) is 6.20 Å². The Hall–Kier alpha value is -1.85. The van der Waals surface area contributed by atoms with Crippen LogP contribution < -0.4 is 5.43 Å². The zero-order chi connectivity index (χ0) is 11.6. The van der Waals surface area contributed by atoms with Crippen LogP contribution in [-0.4, -0.2) is 39.2 Å². The van der Waals surface area contributed by atoms with Crippen LogP contribution in [0.15, 0.2) is 11.0 Å². The molecule has 1 rings (SSSR count). The van der Waals surface area contributed by atoms with Gasteiger partial charge in [0.05, 0.1) is 6.20 Å². The second kappa shape index (κ2) is 4.12. The maximum Gasteiger partial charge on any atom is 0.275 e. The van der Waals surface area contributed by atoms with Crippen LogP contribution in [0.5, 0.6) is 5.75 Å². The maximum atomic E-state index is 11.7. The highest BCUT2D eigenvalue weighted by molar-refractivity contribution is 5.94. The molecule has 0 aliphatic rings. The lowest BCUT2D eigenvalue weighted by Gasteiger charge is -2.21. The highest BCUT2D eigenvalue weighted by atomic mass is 16.3. The van der Waals surface area contributed by atoms with Crippen LogP contribution in [0.25, 0.3) is 0 Å². The largest absolute Gasteiger partial charge is 0.502 e. The molecule has 6 nitrogen and oxygen atoms in total. The minimum Gasteiger partial charge on any atom is -0.502 e. The summed E-state index contributed by atoms with van der Waals surface area (Å²) in [5.74, 6) is -1.06. The van der Waals surface area contributed by atoms with Gasteiger partial charge in [-0.3, -0.25) is 14.7 Å². The van der Waals surface area contributed by atoms with Crippen molar-refractivity contribution in [2.45, 2.75) is 19.9 Å². The van der Waals surface area contributed by atoms with E-state index in [0.29, 0.717) is 0 Å². The first-order chi connectivity index (χ1) is 6.95. The quantitative estimate of drug-likeness (QED) is 0.718. The fraction of sp³-hybridized carbons (Fsp3) is 0.444. The molecule has 1 heterocycles. The van der Waals surface area contributed by atoms with E-state index in [4.69, 9.17) is 0 Å². The van der Waals surface area contributed by atoms with E-state index in [1.54, 1.807) is 7.05 Å². The number of aromatic nitrogens is 2. The van der Waals surface area contributed by atoms with Gasteiger partial charge in [0.25, 0.3) is 5.91 Å². The third kappa shape index (κ3) is 2.15. The summed E-state index contributed by atoms with van der Waals surface area (Å²) in [5.41, 5.74) is -0.854. The minimum atomic E-state index is -0.672. The molecule has 0 saturated heterocycles. The molecule has 0 aromatic carbocycles. The van der Waals surface area contributed by atoms with Gasteiger partial charge < -0.3 is 10.0 Å². The van der Waals surface area contributed by atoms with Gasteiger partial charge >= 0.3 is 0 Å². The van der Waals surface area contributed by atoms with E-state index in [1.807, 2.05) is 13.8 Å². The number of aromatic hydroxyl groups is 1. The molecule has 0 radical (unpaired) electrons. The minimum absolute atomic E-state index is 0.0272. The maximum absolute atomic E-state index is 11.7. The first kappa shape index (κ1) is 11.2. The zero-order valence-electron chi connectivity index (χ0n) is 8.81. The first-order valence-electron chi connectivity index (χ1n) is 4.49. The van der Waals surface area contributed by atoms with E-state index in [1.165, 1.54) is 4.90 Å². The van der Waals surface area contributed by atoms with Crippen LogP contribution in [-0.2, 0) is 0 Å². The van der Waals surface area contributed by atoms with Gasteiger partial charge in [0, 0.05) is 13.1 Å². The number of carbonyl (C=O) groups is 1. The standard InChI is InChI=1S/C9H13N3O3/c1-5(2)12(3)9(15)7-8(14)6(13)4-10-11-7/h4-5H,1-3H3,(H,10,14)(H,11,13). The third-order valence-electron chi connectivity index (χ3n) is 2.14. The smallest absolute Gasteiger partial charge is 0.275 e. The molecule has 0 saturated carbocycles. The van der Waals surface area contributed by atoms with Gasteiger partial charge in [0.15, 0.2) is 11.4 Å². The van der Waals surface area contributed by atoms with Crippen molar-refractivity contribution in [3.63, 3.8) is 0 Å². The lowest BCUT2D eigenvalue weighted by atomic mass is 10.2. The number of carbonyl (C=O) groups excluding carboxylic acids is 1. The molecule has 0 spiro atoms. The Labute approximate surface area is 86.5 Å². The van der Waals surface area contributed by atoms with Crippen molar-refractivity contribution in [1.82, 2.24) is 15.1 Å². The summed E-state index contributed by atoms with van der Waals surface area (Å²) >= 11 is 0. The van der Waals surface area contributed by atoms with Crippen LogP contribution in [0.3, 0.4) is 0 Å². The van der Waals surface area contributed by atoms with Gasteiger partial charge in [-0.05, 0) is 13.8 Å². The predicted molar refractivity (Wildman–Crippen MR) is 53.8 cm³/mol. The molecule has 15 heavy (non-hydrogen) atoms. The molecule has 2 N–H and O–H groups in total. The molecule has 1 aromatic heterocycles. The number of nitrogens with zero attached hydrogens (tertiary/aromatic N) is 2. The van der Waals surface area contributed by atoms with E-state index in [-0.39, 0.29) is 11.7 Å². The monoisotopic (exact) mass is 211 g/mol. The Bertz CT molecular complexity index is 425. The van der Waals surface area contributed by atoms with E-state index in [9.17, 15) is 14.7 Å². The molecule has 0 aliphatic heterocycles. The van der Waals surface area contributed by atoms with Gasteiger partial charge in [-0.2, -0.15) is 5.10 Å². The fourth-order valence-corrected chi connectivity index (χ4v) is 0.953. The van der Waals surface area contributed by atoms with E-state index in [2.05, 4.69) is 10.2 Å². The molecule has 1 aromatic rings. The highest BCUT2D eigenvalue weighted by Crippen LogP contribution is 2.10. The highest BCUT2D eigenvalue weighted by Gasteiger charge is 2.20. The molecule has 0 unspecified atom stereocenters. The number of amides is 1. The first-order valence-corrected chi connectivity index (χ1v) is 4.49. The molecular formula is C9H13N3O3. The lowest BCUT2D eigenvalue weighted by Crippen LogP contribution is -2.34. The Balaban J connectivity index is 3.12. The summed E-state index contributed by atoms with van der Waals surface area (Å²) in [5, 5.41) is 15.2. The van der Waals surface area contributed by atoms with Gasteiger partial charge in [-0.1, -0.05) is 0 Å². The number of nitrogens with one attached hydrogen (secondary N) is 1. The second-order valence-electron chi connectivity index (χ2n) is 3.47. The van der Waals surface area contributed by atoms with Crippen LogP contribution >= 0.6 is 0 Å². The van der Waals surface area contributed by atoms with Crippen molar-refractivity contribution in [3.05, 3.63) is 22.1 Å². The van der Waals surface area contributed by atoms with Crippen LogP contribution in [0.2, 0.25) is 0 Å². The predicted octanol–water partition coefficient (Wildman–Crippen LogP) is -0.0441.